The lowest BCUT2D eigenvalue weighted by Crippen LogP contribution is -1.89. The highest BCUT2D eigenvalue weighted by Crippen LogP contribution is 2.08. The first kappa shape index (κ1) is 12.4. The van der Waals surface area contributed by atoms with Crippen molar-refractivity contribution in [2.24, 2.45) is 10.9 Å². The minimum atomic E-state index is -1.00. The van der Waals surface area contributed by atoms with E-state index >= 15 is 0 Å². The second-order valence-corrected chi connectivity index (χ2v) is 2.98. The molecule has 0 aromatic heterocycles. The Balaban J connectivity index is 4.25. The molecule has 76 valence electrons. The molecule has 0 saturated carbocycles. The normalized spacial score (nSPS) is 12.9. The van der Waals surface area contributed by atoms with Gasteiger partial charge in [0.15, 0.2) is 0 Å². The van der Waals surface area contributed by atoms with Crippen LogP contribution in [-0.2, 0) is 4.79 Å². The van der Waals surface area contributed by atoms with E-state index in [2.05, 4.69) is 25.4 Å². The number of hydrogen-bond acceptors (Lipinski definition) is 2. The summed E-state index contributed by atoms with van der Waals surface area (Å²) in [7, 11) is 0. The molecule has 0 radical (unpaired) electrons. The smallest absolute Gasteiger partial charge is 0.329 e. The van der Waals surface area contributed by atoms with Crippen LogP contribution in [0.25, 0.3) is 0 Å². The van der Waals surface area contributed by atoms with Gasteiger partial charge in [0.2, 0.25) is 0 Å². The molecule has 0 saturated heterocycles. The number of allylic oxidation sites excluding steroid dienone is 3. The van der Waals surface area contributed by atoms with E-state index in [-0.39, 0.29) is 0 Å². The molecular formula is C11H15NO2. The van der Waals surface area contributed by atoms with Gasteiger partial charge in [-0.1, -0.05) is 26.5 Å². The zero-order chi connectivity index (χ0) is 11.0. The van der Waals surface area contributed by atoms with Crippen LogP contribution in [0.2, 0.25) is 0 Å². The third-order valence-electron chi connectivity index (χ3n) is 1.56. The molecule has 0 aliphatic carbocycles. The van der Waals surface area contributed by atoms with Crippen molar-refractivity contribution in [3.05, 3.63) is 36.6 Å². The van der Waals surface area contributed by atoms with Gasteiger partial charge < -0.3 is 5.11 Å². The fourth-order valence-electron chi connectivity index (χ4n) is 0.782. The van der Waals surface area contributed by atoms with E-state index in [0.29, 0.717) is 5.92 Å². The average molecular weight is 193 g/mol. The molecule has 14 heavy (non-hydrogen) atoms. The number of carboxylic acids is 1. The molecule has 3 nitrogen and oxygen atoms in total. The topological polar surface area (TPSA) is 49.7 Å². The number of carbonyl (C=O) groups is 1. The Labute approximate surface area is 84.2 Å². The van der Waals surface area contributed by atoms with Gasteiger partial charge in [0.1, 0.15) is 0 Å². The molecule has 0 spiro atoms. The zero-order valence-corrected chi connectivity index (χ0v) is 8.47. The molecule has 0 atom stereocenters. The first-order valence-corrected chi connectivity index (χ1v) is 4.33. The lowest BCUT2D eigenvalue weighted by molar-refractivity contribution is -0.131. The van der Waals surface area contributed by atoms with Crippen LogP contribution in [0.15, 0.2) is 41.6 Å². The summed E-state index contributed by atoms with van der Waals surface area (Å²) < 4.78 is 0. The number of nitrogens with zero attached hydrogens (tertiary/aromatic N) is 1. The zero-order valence-electron chi connectivity index (χ0n) is 8.47. The minimum absolute atomic E-state index is 0.391. The van der Waals surface area contributed by atoms with E-state index in [1.54, 1.807) is 12.3 Å². The lowest BCUT2D eigenvalue weighted by Gasteiger charge is -2.02. The predicted molar refractivity (Wildman–Crippen MR) is 58.4 cm³/mol. The van der Waals surface area contributed by atoms with Crippen molar-refractivity contribution in [2.75, 3.05) is 0 Å². The van der Waals surface area contributed by atoms with E-state index < -0.39 is 5.97 Å². The summed E-state index contributed by atoms with van der Waals surface area (Å²) in [4.78, 5) is 13.8. The van der Waals surface area contributed by atoms with Crippen LogP contribution < -0.4 is 0 Å². The molecule has 0 amide bonds. The Kier molecular flexibility index (Phi) is 6.03. The summed E-state index contributed by atoms with van der Waals surface area (Å²) in [6.07, 6.45) is 7.34. The highest BCUT2D eigenvalue weighted by molar-refractivity contribution is 5.80. The van der Waals surface area contributed by atoms with Gasteiger partial charge in [0.25, 0.3) is 0 Å². The maximum Gasteiger partial charge on any atom is 0.329 e. The standard InChI is InChI=1S/C11H15NO2/c1-4-10(9(2)3)5-7-12-8-6-11(13)14/h4-9H,1H2,2-3H3,(H,13,14)/b8-6+,10-5+,12-7+. The highest BCUT2D eigenvalue weighted by Gasteiger charge is 1.94. The average Bonchev–Trinajstić information content (AvgIpc) is 2.10. The van der Waals surface area contributed by atoms with Crippen LogP contribution in [0.1, 0.15) is 13.8 Å². The number of aliphatic carboxylic acids is 1. The Morgan fingerprint density at radius 1 is 1.50 bits per heavy atom. The summed E-state index contributed by atoms with van der Waals surface area (Å²) in [5.74, 6) is -0.610. The van der Waals surface area contributed by atoms with Gasteiger partial charge >= 0.3 is 5.97 Å². The van der Waals surface area contributed by atoms with E-state index in [9.17, 15) is 4.79 Å². The summed E-state index contributed by atoms with van der Waals surface area (Å²) in [5.41, 5.74) is 1.07. The van der Waals surface area contributed by atoms with Crippen molar-refractivity contribution in [1.29, 1.82) is 0 Å². The maximum atomic E-state index is 10.1. The molecule has 0 unspecified atom stereocenters. The van der Waals surface area contributed by atoms with E-state index in [1.807, 2.05) is 6.08 Å². The van der Waals surface area contributed by atoms with Crippen LogP contribution >= 0.6 is 0 Å². The molecule has 0 aromatic carbocycles. The molecule has 1 N–H and O–H groups in total. The predicted octanol–water partition coefficient (Wildman–Crippen LogP) is 2.42. The Hall–Kier alpha value is -1.64. The molecule has 3 heteroatoms. The van der Waals surface area contributed by atoms with Crippen molar-refractivity contribution >= 4 is 12.2 Å². The van der Waals surface area contributed by atoms with Gasteiger partial charge in [0, 0.05) is 18.5 Å². The highest BCUT2D eigenvalue weighted by atomic mass is 16.4. The minimum Gasteiger partial charge on any atom is -0.478 e. The van der Waals surface area contributed by atoms with Crippen LogP contribution in [0.3, 0.4) is 0 Å². The van der Waals surface area contributed by atoms with Gasteiger partial charge in [-0.15, -0.1) is 0 Å². The van der Waals surface area contributed by atoms with Crippen molar-refractivity contribution < 1.29 is 9.90 Å². The Bertz CT molecular complexity index is 286. The van der Waals surface area contributed by atoms with Crippen LogP contribution in [0.4, 0.5) is 0 Å². The number of aliphatic imine (C=N–C) groups is 1. The van der Waals surface area contributed by atoms with Crippen LogP contribution in [0, 0.1) is 5.92 Å². The first-order chi connectivity index (χ1) is 6.57. The molecule has 0 heterocycles. The van der Waals surface area contributed by atoms with Crippen molar-refractivity contribution in [1.82, 2.24) is 0 Å². The second-order valence-electron chi connectivity index (χ2n) is 2.98. The van der Waals surface area contributed by atoms with Gasteiger partial charge in [0.05, 0.1) is 0 Å². The molecule has 0 aromatic rings. The number of hydrogen-bond donors (Lipinski definition) is 1. The SMILES string of the molecule is C=C\C(=C/C=N/C=C/C(=O)O)C(C)C. The van der Waals surface area contributed by atoms with Crippen molar-refractivity contribution in [2.45, 2.75) is 13.8 Å². The van der Waals surface area contributed by atoms with Crippen molar-refractivity contribution in [3.8, 4) is 0 Å². The van der Waals surface area contributed by atoms with Gasteiger partial charge in [-0.05, 0) is 17.6 Å². The molecule has 0 rings (SSSR count). The fraction of sp³-hybridized carbons (Fsp3) is 0.273. The largest absolute Gasteiger partial charge is 0.478 e. The molecule has 0 aliphatic rings. The summed E-state index contributed by atoms with van der Waals surface area (Å²) in [6, 6.07) is 0. The fourth-order valence-corrected chi connectivity index (χ4v) is 0.782. The summed E-state index contributed by atoms with van der Waals surface area (Å²) >= 11 is 0. The van der Waals surface area contributed by atoms with Gasteiger partial charge in [-0.3, -0.25) is 4.99 Å². The van der Waals surface area contributed by atoms with Gasteiger partial charge in [-0.25, -0.2) is 4.79 Å². The molecule has 0 aliphatic heterocycles. The van der Waals surface area contributed by atoms with Crippen LogP contribution in [0.5, 0.6) is 0 Å². The molecule has 0 bridgehead atoms. The summed E-state index contributed by atoms with van der Waals surface area (Å²) in [5, 5.41) is 8.26. The van der Waals surface area contributed by atoms with Crippen molar-refractivity contribution in [3.63, 3.8) is 0 Å². The quantitative estimate of drug-likeness (QED) is 0.414. The van der Waals surface area contributed by atoms with Gasteiger partial charge in [-0.2, -0.15) is 0 Å². The van der Waals surface area contributed by atoms with E-state index in [4.69, 9.17) is 5.11 Å². The third-order valence-corrected chi connectivity index (χ3v) is 1.56. The first-order valence-electron chi connectivity index (χ1n) is 4.33. The van der Waals surface area contributed by atoms with E-state index in [0.717, 1.165) is 11.6 Å². The monoisotopic (exact) mass is 193 g/mol. The molecule has 0 fully saturated rings. The second kappa shape index (κ2) is 6.83. The third kappa shape index (κ3) is 5.94. The number of carboxylic acid groups (broad SMARTS) is 1. The Morgan fingerprint density at radius 3 is 2.57 bits per heavy atom. The summed E-state index contributed by atoms with van der Waals surface area (Å²) in [6.45, 7) is 7.77. The van der Waals surface area contributed by atoms with E-state index in [1.165, 1.54) is 6.20 Å². The van der Waals surface area contributed by atoms with Crippen LogP contribution in [-0.4, -0.2) is 17.3 Å². The molecular weight excluding hydrogens is 178 g/mol. The number of rotatable bonds is 5. The Morgan fingerprint density at radius 2 is 2.14 bits per heavy atom. The maximum absolute atomic E-state index is 10.1. The lowest BCUT2D eigenvalue weighted by atomic mass is 10.0.